The van der Waals surface area contributed by atoms with Crippen LogP contribution in [0.4, 0.5) is 0 Å². The molecule has 1 unspecified atom stereocenters. The van der Waals surface area contributed by atoms with Crippen LogP contribution in [-0.4, -0.2) is 45.2 Å². The van der Waals surface area contributed by atoms with Gasteiger partial charge < -0.3 is 15.3 Å². The molecule has 4 aliphatic rings. The topological polar surface area (TPSA) is 94.8 Å². The molecule has 3 saturated carbocycles. The quantitative estimate of drug-likeness (QED) is 0.696. The maximum atomic E-state index is 12.4. The van der Waals surface area contributed by atoms with E-state index in [-0.39, 0.29) is 29.0 Å². The lowest BCUT2D eigenvalue weighted by molar-refractivity contribution is -0.182. The molecule has 0 amide bonds. The van der Waals surface area contributed by atoms with Gasteiger partial charge in [0.1, 0.15) is 12.2 Å². The minimum absolute atomic E-state index is 0.0697. The number of carbonyl (C=O) groups excluding carboxylic acids is 2. The molecule has 0 bridgehead atoms. The van der Waals surface area contributed by atoms with Crippen LogP contribution in [0.2, 0.25) is 0 Å². The third kappa shape index (κ3) is 2.14. The third-order valence-corrected chi connectivity index (χ3v) is 8.65. The van der Waals surface area contributed by atoms with Crippen molar-refractivity contribution in [2.24, 2.45) is 28.6 Å². The summed E-state index contributed by atoms with van der Waals surface area (Å²) in [7, 11) is 0. The summed E-state index contributed by atoms with van der Waals surface area (Å²) in [6, 6.07) is 0. The monoisotopic (exact) mass is 362 g/mol. The van der Waals surface area contributed by atoms with Crippen molar-refractivity contribution in [2.45, 2.75) is 70.5 Å². The van der Waals surface area contributed by atoms with E-state index in [9.17, 15) is 24.9 Å². The first-order valence-corrected chi connectivity index (χ1v) is 9.96. The van der Waals surface area contributed by atoms with Crippen molar-refractivity contribution >= 4 is 11.6 Å². The van der Waals surface area contributed by atoms with Gasteiger partial charge in [0.05, 0.1) is 6.10 Å². The van der Waals surface area contributed by atoms with E-state index >= 15 is 0 Å². The summed E-state index contributed by atoms with van der Waals surface area (Å²) in [5, 5.41) is 31.7. The van der Waals surface area contributed by atoms with Crippen molar-refractivity contribution in [1.29, 1.82) is 0 Å². The number of carbonyl (C=O) groups is 2. The van der Waals surface area contributed by atoms with E-state index in [1.54, 1.807) is 6.08 Å². The predicted octanol–water partition coefficient (Wildman–Crippen LogP) is 1.78. The molecule has 3 N–H and O–H groups in total. The number of aliphatic hydroxyl groups is 3. The van der Waals surface area contributed by atoms with Crippen molar-refractivity contribution in [3.05, 3.63) is 11.6 Å². The normalized spacial score (nSPS) is 50.5. The Bertz CT molecular complexity index is 684. The maximum absolute atomic E-state index is 12.4. The van der Waals surface area contributed by atoms with Gasteiger partial charge in [0, 0.05) is 11.8 Å². The van der Waals surface area contributed by atoms with Crippen molar-refractivity contribution in [2.75, 3.05) is 6.61 Å². The minimum atomic E-state index is -1.54. The molecule has 26 heavy (non-hydrogen) atoms. The SMILES string of the molecule is C[C@]12CCC(=O)C=C1CC[C@@H]1[C@H]2C(O)C[C@@]2(C)[C@H]1CC[C@@]2(O)C(=O)CO. The lowest BCUT2D eigenvalue weighted by atomic mass is 9.45. The maximum Gasteiger partial charge on any atom is 0.190 e. The van der Waals surface area contributed by atoms with E-state index in [1.165, 1.54) is 5.57 Å². The highest BCUT2D eigenvalue weighted by molar-refractivity contribution is 5.91. The van der Waals surface area contributed by atoms with Crippen molar-refractivity contribution in [3.8, 4) is 0 Å². The number of rotatable bonds is 2. The van der Waals surface area contributed by atoms with Gasteiger partial charge in [0.15, 0.2) is 11.6 Å². The van der Waals surface area contributed by atoms with Gasteiger partial charge in [0.25, 0.3) is 0 Å². The zero-order valence-electron chi connectivity index (χ0n) is 15.7. The van der Waals surface area contributed by atoms with Gasteiger partial charge in [-0.3, -0.25) is 9.59 Å². The number of ketones is 2. The Kier molecular flexibility index (Phi) is 4.04. The van der Waals surface area contributed by atoms with E-state index in [1.807, 2.05) is 6.92 Å². The highest BCUT2D eigenvalue weighted by Crippen LogP contribution is 2.67. The number of aliphatic hydroxyl groups excluding tert-OH is 2. The molecule has 0 aromatic carbocycles. The molecule has 0 aromatic heterocycles. The number of allylic oxidation sites excluding steroid dienone is 1. The highest BCUT2D eigenvalue weighted by atomic mass is 16.3. The number of fused-ring (bicyclic) bond motifs is 5. The third-order valence-electron chi connectivity index (χ3n) is 8.65. The summed E-state index contributed by atoms with van der Waals surface area (Å²) in [5.41, 5.74) is -1.23. The van der Waals surface area contributed by atoms with E-state index in [4.69, 9.17) is 0 Å². The largest absolute Gasteiger partial charge is 0.393 e. The average molecular weight is 362 g/mol. The van der Waals surface area contributed by atoms with Crippen LogP contribution >= 0.6 is 0 Å². The van der Waals surface area contributed by atoms with Crippen molar-refractivity contribution < 1.29 is 24.9 Å². The smallest absolute Gasteiger partial charge is 0.190 e. The van der Waals surface area contributed by atoms with Gasteiger partial charge in [-0.15, -0.1) is 0 Å². The van der Waals surface area contributed by atoms with Crippen LogP contribution in [0.1, 0.15) is 58.8 Å². The summed E-state index contributed by atoms with van der Waals surface area (Å²) in [6.45, 7) is 3.46. The van der Waals surface area contributed by atoms with Crippen molar-refractivity contribution in [3.63, 3.8) is 0 Å². The van der Waals surface area contributed by atoms with Gasteiger partial charge in [-0.05, 0) is 67.8 Å². The van der Waals surface area contributed by atoms with Crippen LogP contribution < -0.4 is 0 Å². The minimum Gasteiger partial charge on any atom is -0.393 e. The lowest BCUT2D eigenvalue weighted by Crippen LogP contribution is -2.62. The van der Waals surface area contributed by atoms with Crippen LogP contribution in [0, 0.1) is 28.6 Å². The summed E-state index contributed by atoms with van der Waals surface area (Å²) < 4.78 is 0. The molecule has 0 saturated heterocycles. The standard InChI is InChI=1S/C21H30O5/c1-19-7-5-13(23)9-12(19)3-4-14-15-6-8-21(26,17(25)11-22)20(15,2)10-16(24)18(14)19/h9,14-16,18,22,24,26H,3-8,10-11H2,1-2H3/t14-,15-,16?,18-,19-,20-,21+/m0/s1. The highest BCUT2D eigenvalue weighted by Gasteiger charge is 2.68. The molecule has 4 aliphatic carbocycles. The van der Waals surface area contributed by atoms with Gasteiger partial charge in [-0.1, -0.05) is 19.4 Å². The van der Waals surface area contributed by atoms with Crippen LogP contribution in [0.15, 0.2) is 11.6 Å². The number of Topliss-reactive ketones (excluding diaryl/α,β-unsaturated/α-hetero) is 1. The molecule has 7 atom stereocenters. The van der Waals surface area contributed by atoms with Crippen LogP contribution in [0.25, 0.3) is 0 Å². The van der Waals surface area contributed by atoms with Gasteiger partial charge in [0.2, 0.25) is 0 Å². The first-order chi connectivity index (χ1) is 12.2. The number of hydrogen-bond donors (Lipinski definition) is 3. The van der Waals surface area contributed by atoms with E-state index < -0.39 is 29.5 Å². The predicted molar refractivity (Wildman–Crippen MR) is 95.1 cm³/mol. The zero-order valence-corrected chi connectivity index (χ0v) is 15.7. The Balaban J connectivity index is 1.74. The Morgan fingerprint density at radius 2 is 1.96 bits per heavy atom. The fourth-order valence-electron chi connectivity index (χ4n) is 7.28. The van der Waals surface area contributed by atoms with Gasteiger partial charge >= 0.3 is 0 Å². The van der Waals surface area contributed by atoms with Gasteiger partial charge in [-0.25, -0.2) is 0 Å². The molecule has 5 nitrogen and oxygen atoms in total. The molecule has 0 heterocycles. The summed E-state index contributed by atoms with van der Waals surface area (Å²) >= 11 is 0. The molecule has 144 valence electrons. The second-order valence-corrected chi connectivity index (χ2v) is 9.56. The number of hydrogen-bond acceptors (Lipinski definition) is 5. The molecule has 0 radical (unpaired) electrons. The van der Waals surface area contributed by atoms with Crippen LogP contribution in [-0.2, 0) is 9.59 Å². The summed E-state index contributed by atoms with van der Waals surface area (Å²) in [4.78, 5) is 24.3. The summed E-state index contributed by atoms with van der Waals surface area (Å²) in [6.07, 6.45) is 5.74. The van der Waals surface area contributed by atoms with E-state index in [0.29, 0.717) is 19.3 Å². The molecule has 0 spiro atoms. The Labute approximate surface area is 154 Å². The second-order valence-electron chi connectivity index (χ2n) is 9.56. The Morgan fingerprint density at radius 1 is 1.23 bits per heavy atom. The lowest BCUT2D eigenvalue weighted by Gasteiger charge is -2.60. The Hall–Kier alpha value is -1.04. The Morgan fingerprint density at radius 3 is 2.65 bits per heavy atom. The molecule has 3 fully saturated rings. The fraction of sp³-hybridized carbons (Fsp3) is 0.810. The van der Waals surface area contributed by atoms with Crippen molar-refractivity contribution in [1.82, 2.24) is 0 Å². The zero-order chi connectivity index (χ0) is 18.9. The van der Waals surface area contributed by atoms with Crippen LogP contribution in [0.5, 0.6) is 0 Å². The molecule has 0 aliphatic heterocycles. The molecular formula is C21H30O5. The first kappa shape index (κ1) is 18.3. The van der Waals surface area contributed by atoms with E-state index in [0.717, 1.165) is 25.7 Å². The molecule has 5 heteroatoms. The second kappa shape index (κ2) is 5.73. The summed E-state index contributed by atoms with van der Waals surface area (Å²) in [5.74, 6) is 0.140. The van der Waals surface area contributed by atoms with E-state index in [2.05, 4.69) is 6.92 Å². The first-order valence-electron chi connectivity index (χ1n) is 9.96. The van der Waals surface area contributed by atoms with Crippen LogP contribution in [0.3, 0.4) is 0 Å². The van der Waals surface area contributed by atoms with Gasteiger partial charge in [-0.2, -0.15) is 0 Å². The molecular weight excluding hydrogens is 332 g/mol. The average Bonchev–Trinajstić information content (AvgIpc) is 2.86. The molecule has 4 rings (SSSR count). The molecule has 0 aromatic rings. The fourth-order valence-corrected chi connectivity index (χ4v) is 7.28.